The zero-order valence-corrected chi connectivity index (χ0v) is 15.1. The molecular formula is C17H26N6O2. The minimum Gasteiger partial charge on any atom is -0.374 e. The van der Waals surface area contributed by atoms with E-state index in [0.717, 1.165) is 24.5 Å². The van der Waals surface area contributed by atoms with Crippen LogP contribution >= 0.6 is 0 Å². The number of ether oxygens (including phenoxy) is 1. The van der Waals surface area contributed by atoms with E-state index >= 15 is 0 Å². The molecule has 0 spiro atoms. The summed E-state index contributed by atoms with van der Waals surface area (Å²) in [5.74, 6) is 0.704. The largest absolute Gasteiger partial charge is 0.374 e. The maximum Gasteiger partial charge on any atom is 0.239 e. The number of hydrogen-bond acceptors (Lipinski definition) is 5. The van der Waals surface area contributed by atoms with Crippen LogP contribution in [0.5, 0.6) is 0 Å². The average Bonchev–Trinajstić information content (AvgIpc) is 3.16. The van der Waals surface area contributed by atoms with E-state index in [-0.39, 0.29) is 18.1 Å². The SMILES string of the molecule is Cc1cnn(C[C@H]2CN(CC(=O)Nc3ccnn3C(C)C)CCO2)c1. The molecule has 2 aromatic heterocycles. The summed E-state index contributed by atoms with van der Waals surface area (Å²) in [4.78, 5) is 14.5. The Morgan fingerprint density at radius 1 is 1.44 bits per heavy atom. The highest BCUT2D eigenvalue weighted by atomic mass is 16.5. The first kappa shape index (κ1) is 17.6. The van der Waals surface area contributed by atoms with Gasteiger partial charge in [-0.05, 0) is 26.3 Å². The number of nitrogens with one attached hydrogen (secondary N) is 1. The van der Waals surface area contributed by atoms with Crippen molar-refractivity contribution in [1.82, 2.24) is 24.5 Å². The van der Waals surface area contributed by atoms with Crippen LogP contribution in [-0.4, -0.2) is 62.7 Å². The molecule has 0 saturated carbocycles. The van der Waals surface area contributed by atoms with E-state index in [2.05, 4.69) is 20.4 Å². The second kappa shape index (κ2) is 7.79. The first-order valence-electron chi connectivity index (χ1n) is 8.67. The molecule has 0 bridgehead atoms. The highest BCUT2D eigenvalue weighted by Crippen LogP contribution is 2.13. The van der Waals surface area contributed by atoms with Crippen LogP contribution in [0, 0.1) is 6.92 Å². The van der Waals surface area contributed by atoms with E-state index < -0.39 is 0 Å². The van der Waals surface area contributed by atoms with E-state index in [1.54, 1.807) is 10.9 Å². The van der Waals surface area contributed by atoms with Crippen molar-refractivity contribution in [2.75, 3.05) is 31.6 Å². The van der Waals surface area contributed by atoms with E-state index in [1.807, 2.05) is 43.9 Å². The van der Waals surface area contributed by atoms with Crippen LogP contribution in [0.3, 0.4) is 0 Å². The molecule has 1 amide bonds. The third-order valence-electron chi connectivity index (χ3n) is 4.17. The van der Waals surface area contributed by atoms with E-state index in [1.165, 1.54) is 0 Å². The number of morpholine rings is 1. The van der Waals surface area contributed by atoms with E-state index in [0.29, 0.717) is 19.7 Å². The van der Waals surface area contributed by atoms with Crippen molar-refractivity contribution in [3.05, 3.63) is 30.2 Å². The van der Waals surface area contributed by atoms with Crippen LogP contribution in [0.4, 0.5) is 5.82 Å². The molecule has 2 aromatic rings. The van der Waals surface area contributed by atoms with Crippen LogP contribution in [-0.2, 0) is 16.1 Å². The van der Waals surface area contributed by atoms with Crippen LogP contribution < -0.4 is 5.32 Å². The van der Waals surface area contributed by atoms with Gasteiger partial charge in [0.05, 0.1) is 38.2 Å². The number of aromatic nitrogens is 4. The molecule has 0 aromatic carbocycles. The fraction of sp³-hybridized carbons (Fsp3) is 0.588. The number of carbonyl (C=O) groups is 1. The Hall–Kier alpha value is -2.19. The number of anilines is 1. The molecule has 1 aliphatic heterocycles. The zero-order chi connectivity index (χ0) is 17.8. The lowest BCUT2D eigenvalue weighted by Crippen LogP contribution is -2.47. The third-order valence-corrected chi connectivity index (χ3v) is 4.17. The van der Waals surface area contributed by atoms with Gasteiger partial charge >= 0.3 is 0 Å². The van der Waals surface area contributed by atoms with Crippen LogP contribution in [0.1, 0.15) is 25.5 Å². The van der Waals surface area contributed by atoms with Gasteiger partial charge in [-0.25, -0.2) is 4.68 Å². The normalized spacial score (nSPS) is 18.6. The predicted molar refractivity (Wildman–Crippen MR) is 94.4 cm³/mol. The van der Waals surface area contributed by atoms with Gasteiger partial charge in [0.1, 0.15) is 5.82 Å². The van der Waals surface area contributed by atoms with Gasteiger partial charge in [0, 0.05) is 31.4 Å². The summed E-state index contributed by atoms with van der Waals surface area (Å²) in [5, 5.41) is 11.5. The number of nitrogens with zero attached hydrogens (tertiary/aromatic N) is 5. The quantitative estimate of drug-likeness (QED) is 0.853. The van der Waals surface area contributed by atoms with Crippen molar-refractivity contribution in [2.24, 2.45) is 0 Å². The Balaban J connectivity index is 1.51. The summed E-state index contributed by atoms with van der Waals surface area (Å²) in [6.07, 6.45) is 5.59. The van der Waals surface area contributed by atoms with Crippen molar-refractivity contribution in [3.8, 4) is 0 Å². The summed E-state index contributed by atoms with van der Waals surface area (Å²) in [6.45, 7) is 9.24. The molecule has 1 saturated heterocycles. The maximum absolute atomic E-state index is 12.4. The Morgan fingerprint density at radius 2 is 2.28 bits per heavy atom. The molecule has 3 heterocycles. The third kappa shape index (κ3) is 4.67. The molecule has 0 radical (unpaired) electrons. The fourth-order valence-corrected chi connectivity index (χ4v) is 3.02. The van der Waals surface area contributed by atoms with Crippen LogP contribution in [0.2, 0.25) is 0 Å². The van der Waals surface area contributed by atoms with Crippen LogP contribution in [0.15, 0.2) is 24.7 Å². The maximum atomic E-state index is 12.4. The second-order valence-corrected chi connectivity index (χ2v) is 6.77. The Bertz CT molecular complexity index is 708. The fourth-order valence-electron chi connectivity index (χ4n) is 3.02. The topological polar surface area (TPSA) is 77.2 Å². The summed E-state index contributed by atoms with van der Waals surface area (Å²) in [6, 6.07) is 2.02. The molecule has 1 atom stereocenters. The number of carbonyl (C=O) groups excluding carboxylic acids is 1. The highest BCUT2D eigenvalue weighted by molar-refractivity contribution is 5.91. The van der Waals surface area contributed by atoms with Crippen molar-refractivity contribution >= 4 is 11.7 Å². The Kier molecular flexibility index (Phi) is 5.50. The molecule has 1 fully saturated rings. The molecule has 25 heavy (non-hydrogen) atoms. The second-order valence-electron chi connectivity index (χ2n) is 6.77. The lowest BCUT2D eigenvalue weighted by atomic mass is 10.2. The molecule has 136 valence electrons. The zero-order valence-electron chi connectivity index (χ0n) is 15.1. The van der Waals surface area contributed by atoms with Crippen molar-refractivity contribution in [1.29, 1.82) is 0 Å². The number of rotatable bonds is 6. The standard InChI is InChI=1S/C17H26N6O2/c1-13(2)23-16(4-5-18-23)20-17(24)12-21-6-7-25-15(10-21)11-22-9-14(3)8-19-22/h4-5,8-9,13,15H,6-7,10-12H2,1-3H3,(H,20,24)/t15-/m1/s1. The minimum atomic E-state index is -0.0296. The smallest absolute Gasteiger partial charge is 0.239 e. The first-order valence-corrected chi connectivity index (χ1v) is 8.67. The molecule has 8 nitrogen and oxygen atoms in total. The van der Waals surface area contributed by atoms with Gasteiger partial charge in [0.2, 0.25) is 5.91 Å². The molecule has 0 aliphatic carbocycles. The minimum absolute atomic E-state index is 0.0296. The van der Waals surface area contributed by atoms with Crippen molar-refractivity contribution < 1.29 is 9.53 Å². The average molecular weight is 346 g/mol. The van der Waals surface area contributed by atoms with Crippen molar-refractivity contribution in [2.45, 2.75) is 39.5 Å². The molecule has 1 aliphatic rings. The highest BCUT2D eigenvalue weighted by Gasteiger charge is 2.23. The van der Waals surface area contributed by atoms with Gasteiger partial charge in [0.15, 0.2) is 0 Å². The van der Waals surface area contributed by atoms with Gasteiger partial charge in [-0.1, -0.05) is 0 Å². The lowest BCUT2D eigenvalue weighted by molar-refractivity contribution is -0.119. The van der Waals surface area contributed by atoms with E-state index in [9.17, 15) is 4.79 Å². The summed E-state index contributed by atoms with van der Waals surface area (Å²) in [7, 11) is 0. The number of amides is 1. The number of hydrogen-bond donors (Lipinski definition) is 1. The predicted octanol–water partition coefficient (Wildman–Crippen LogP) is 1.31. The lowest BCUT2D eigenvalue weighted by Gasteiger charge is -2.32. The van der Waals surface area contributed by atoms with Crippen molar-refractivity contribution in [3.63, 3.8) is 0 Å². The summed E-state index contributed by atoms with van der Waals surface area (Å²) in [5.41, 5.74) is 1.13. The van der Waals surface area contributed by atoms with Gasteiger partial charge in [-0.2, -0.15) is 10.2 Å². The van der Waals surface area contributed by atoms with Gasteiger partial charge in [-0.15, -0.1) is 0 Å². The Morgan fingerprint density at radius 3 is 3.00 bits per heavy atom. The number of aryl methyl sites for hydroxylation is 1. The van der Waals surface area contributed by atoms with Gasteiger partial charge in [0.25, 0.3) is 0 Å². The van der Waals surface area contributed by atoms with Gasteiger partial charge < -0.3 is 10.1 Å². The molecular weight excluding hydrogens is 320 g/mol. The monoisotopic (exact) mass is 346 g/mol. The molecule has 3 rings (SSSR count). The Labute approximate surface area is 147 Å². The van der Waals surface area contributed by atoms with Crippen LogP contribution in [0.25, 0.3) is 0 Å². The molecule has 8 heteroatoms. The first-order chi connectivity index (χ1) is 12.0. The molecule has 1 N–H and O–H groups in total. The molecule has 0 unspecified atom stereocenters. The van der Waals surface area contributed by atoms with E-state index in [4.69, 9.17) is 4.74 Å². The van der Waals surface area contributed by atoms with Gasteiger partial charge in [-0.3, -0.25) is 14.4 Å². The summed E-state index contributed by atoms with van der Waals surface area (Å²) >= 11 is 0. The summed E-state index contributed by atoms with van der Waals surface area (Å²) < 4.78 is 9.51.